The molecule has 1 amide bonds. The molecular weight excluding hydrogens is 450 g/mol. The summed E-state index contributed by atoms with van der Waals surface area (Å²) in [6.07, 6.45) is 3.11. The fourth-order valence-electron chi connectivity index (χ4n) is 3.30. The smallest absolute Gasteiger partial charge is 0.341 e. The summed E-state index contributed by atoms with van der Waals surface area (Å²) in [5, 5.41) is 5.14. The quantitative estimate of drug-likeness (QED) is 0.271. The topological polar surface area (TPSA) is 73.9 Å². The summed E-state index contributed by atoms with van der Waals surface area (Å²) in [6.45, 7) is 8.85. The lowest BCUT2D eigenvalue weighted by molar-refractivity contribution is -0.111. The molecule has 178 valence electrons. The van der Waals surface area contributed by atoms with Gasteiger partial charge in [0.2, 0.25) is 5.91 Å². The highest BCUT2D eigenvalue weighted by Gasteiger charge is 2.22. The van der Waals surface area contributed by atoms with E-state index in [-0.39, 0.29) is 12.5 Å². The Labute approximate surface area is 204 Å². The fraction of sp³-hybridized carbons (Fsp3) is 0.259. The van der Waals surface area contributed by atoms with E-state index in [1.54, 1.807) is 13.0 Å². The van der Waals surface area contributed by atoms with Gasteiger partial charge in [-0.2, -0.15) is 0 Å². The number of hydrogen-bond acceptors (Lipinski definition) is 6. The number of rotatable bonds is 10. The molecule has 0 spiro atoms. The number of anilines is 1. The van der Waals surface area contributed by atoms with Gasteiger partial charge in [0.25, 0.3) is 0 Å². The third-order valence-electron chi connectivity index (χ3n) is 4.86. The van der Waals surface area contributed by atoms with E-state index < -0.39 is 5.97 Å². The average molecular weight is 480 g/mol. The average Bonchev–Trinajstić information content (AvgIpc) is 3.23. The van der Waals surface area contributed by atoms with Gasteiger partial charge in [0.05, 0.1) is 19.8 Å². The molecule has 0 aliphatic carbocycles. The molecule has 1 heterocycles. The maximum atomic E-state index is 12.7. The fourth-order valence-corrected chi connectivity index (χ4v) is 4.26. The Morgan fingerprint density at radius 3 is 2.32 bits per heavy atom. The van der Waals surface area contributed by atoms with E-state index in [1.807, 2.05) is 68.6 Å². The van der Waals surface area contributed by atoms with Crippen molar-refractivity contribution in [1.82, 2.24) is 0 Å². The van der Waals surface area contributed by atoms with E-state index in [9.17, 15) is 9.59 Å². The molecule has 6 nitrogen and oxygen atoms in total. The first-order valence-corrected chi connectivity index (χ1v) is 12.1. The molecule has 0 bridgehead atoms. The van der Waals surface area contributed by atoms with E-state index in [0.29, 0.717) is 35.3 Å². The number of esters is 1. The molecule has 0 unspecified atom stereocenters. The van der Waals surface area contributed by atoms with Crippen molar-refractivity contribution in [3.05, 3.63) is 70.6 Å². The Hall–Kier alpha value is -3.58. The molecule has 3 aromatic rings. The van der Waals surface area contributed by atoms with Crippen LogP contribution in [0.4, 0.5) is 5.00 Å². The van der Waals surface area contributed by atoms with Gasteiger partial charge in [-0.25, -0.2) is 4.79 Å². The molecule has 0 aliphatic heterocycles. The van der Waals surface area contributed by atoms with Crippen LogP contribution in [0.5, 0.6) is 11.5 Å². The highest BCUT2D eigenvalue weighted by molar-refractivity contribution is 7.15. The molecule has 0 aliphatic rings. The zero-order valence-corrected chi connectivity index (χ0v) is 20.7. The van der Waals surface area contributed by atoms with Gasteiger partial charge in [-0.3, -0.25) is 4.79 Å². The first-order valence-electron chi connectivity index (χ1n) is 11.2. The Morgan fingerprint density at radius 2 is 1.65 bits per heavy atom. The van der Waals surface area contributed by atoms with E-state index >= 15 is 0 Å². The Bertz CT molecular complexity index is 1160. The van der Waals surface area contributed by atoms with Crippen LogP contribution in [0.3, 0.4) is 0 Å². The standard InChI is InChI=1S/C27H29NO5S/c1-5-31-22-14-10-19(16-23(22)32-6-2)11-15-24(29)28-26-25(27(30)33-7-3)21(17-34-26)20-12-8-18(4)9-13-20/h8-17H,5-7H2,1-4H3,(H,28,29). The molecule has 34 heavy (non-hydrogen) atoms. The minimum absolute atomic E-state index is 0.245. The molecule has 7 heteroatoms. The normalized spacial score (nSPS) is 10.8. The molecule has 0 saturated carbocycles. The van der Waals surface area contributed by atoms with Crippen LogP contribution >= 0.6 is 11.3 Å². The summed E-state index contributed by atoms with van der Waals surface area (Å²) >= 11 is 1.29. The first kappa shape index (κ1) is 25.1. The third-order valence-corrected chi connectivity index (χ3v) is 5.76. The molecule has 1 aromatic heterocycles. The molecular formula is C27H29NO5S. The van der Waals surface area contributed by atoms with Crippen LogP contribution in [0.1, 0.15) is 42.3 Å². The van der Waals surface area contributed by atoms with Crippen LogP contribution in [0.2, 0.25) is 0 Å². The number of aryl methyl sites for hydroxylation is 1. The predicted molar refractivity (Wildman–Crippen MR) is 137 cm³/mol. The Kier molecular flexibility index (Phi) is 8.87. The molecule has 1 N–H and O–H groups in total. The SMILES string of the molecule is CCOC(=O)c1c(-c2ccc(C)cc2)csc1NC(=O)C=Cc1ccc(OCC)c(OCC)c1. The number of hydrogen-bond donors (Lipinski definition) is 1. The molecule has 3 rings (SSSR count). The maximum absolute atomic E-state index is 12.7. The van der Waals surface area contributed by atoms with Crippen LogP contribution in [0, 0.1) is 6.92 Å². The van der Waals surface area contributed by atoms with Crippen LogP contribution < -0.4 is 14.8 Å². The molecule has 2 aromatic carbocycles. The van der Waals surface area contributed by atoms with E-state index in [4.69, 9.17) is 14.2 Å². The predicted octanol–water partition coefficient (Wildman–Crippen LogP) is 6.35. The van der Waals surface area contributed by atoms with Crippen molar-refractivity contribution in [2.45, 2.75) is 27.7 Å². The number of amides is 1. The van der Waals surface area contributed by atoms with Gasteiger partial charge >= 0.3 is 5.97 Å². The second-order valence-electron chi connectivity index (χ2n) is 7.33. The minimum Gasteiger partial charge on any atom is -0.490 e. The van der Waals surface area contributed by atoms with Gasteiger partial charge < -0.3 is 19.5 Å². The third kappa shape index (κ3) is 6.26. The summed E-state index contributed by atoms with van der Waals surface area (Å²) in [4.78, 5) is 25.4. The molecule has 0 saturated heterocycles. The van der Waals surface area contributed by atoms with Crippen molar-refractivity contribution in [3.63, 3.8) is 0 Å². The molecule has 0 atom stereocenters. The number of thiophene rings is 1. The lowest BCUT2D eigenvalue weighted by Crippen LogP contribution is -2.12. The van der Waals surface area contributed by atoms with Crippen molar-refractivity contribution in [3.8, 4) is 22.6 Å². The van der Waals surface area contributed by atoms with Gasteiger partial charge in [-0.15, -0.1) is 11.3 Å². The zero-order valence-electron chi connectivity index (χ0n) is 19.8. The number of ether oxygens (including phenoxy) is 3. The summed E-state index contributed by atoms with van der Waals surface area (Å²) in [6, 6.07) is 13.4. The Morgan fingerprint density at radius 1 is 0.941 bits per heavy atom. The highest BCUT2D eigenvalue weighted by atomic mass is 32.1. The number of carbonyl (C=O) groups is 2. The summed E-state index contributed by atoms with van der Waals surface area (Å²) in [5.41, 5.74) is 3.89. The number of nitrogens with one attached hydrogen (secondary N) is 1. The lowest BCUT2D eigenvalue weighted by Gasteiger charge is -2.11. The van der Waals surface area contributed by atoms with Crippen molar-refractivity contribution in [1.29, 1.82) is 0 Å². The van der Waals surface area contributed by atoms with E-state index in [1.165, 1.54) is 17.4 Å². The second-order valence-corrected chi connectivity index (χ2v) is 8.21. The van der Waals surface area contributed by atoms with Crippen LogP contribution in [0.25, 0.3) is 17.2 Å². The molecule has 0 fully saturated rings. The number of benzene rings is 2. The monoisotopic (exact) mass is 479 g/mol. The van der Waals surface area contributed by atoms with Crippen molar-refractivity contribution in [2.24, 2.45) is 0 Å². The Balaban J connectivity index is 1.83. The van der Waals surface area contributed by atoms with Crippen LogP contribution in [-0.4, -0.2) is 31.7 Å². The zero-order chi connectivity index (χ0) is 24.5. The van der Waals surface area contributed by atoms with Gasteiger partial charge in [0.15, 0.2) is 11.5 Å². The second kappa shape index (κ2) is 12.0. The van der Waals surface area contributed by atoms with Crippen molar-refractivity contribution >= 4 is 34.3 Å². The summed E-state index contributed by atoms with van der Waals surface area (Å²) in [7, 11) is 0. The van der Waals surface area contributed by atoms with Gasteiger partial charge in [0, 0.05) is 17.0 Å². The maximum Gasteiger partial charge on any atom is 0.341 e. The largest absolute Gasteiger partial charge is 0.490 e. The first-order chi connectivity index (χ1) is 16.5. The number of carbonyl (C=O) groups excluding carboxylic acids is 2. The van der Waals surface area contributed by atoms with E-state index in [0.717, 1.165) is 22.3 Å². The van der Waals surface area contributed by atoms with Crippen LogP contribution in [-0.2, 0) is 9.53 Å². The van der Waals surface area contributed by atoms with Gasteiger partial charge in [0.1, 0.15) is 10.6 Å². The van der Waals surface area contributed by atoms with Crippen LogP contribution in [0.15, 0.2) is 53.9 Å². The van der Waals surface area contributed by atoms with E-state index in [2.05, 4.69) is 5.32 Å². The minimum atomic E-state index is -0.466. The highest BCUT2D eigenvalue weighted by Crippen LogP contribution is 2.36. The van der Waals surface area contributed by atoms with Crippen molar-refractivity contribution in [2.75, 3.05) is 25.1 Å². The molecule has 0 radical (unpaired) electrons. The van der Waals surface area contributed by atoms with Crippen molar-refractivity contribution < 1.29 is 23.8 Å². The van der Waals surface area contributed by atoms with Gasteiger partial charge in [-0.05, 0) is 57.0 Å². The van der Waals surface area contributed by atoms with Gasteiger partial charge in [-0.1, -0.05) is 35.9 Å². The summed E-state index contributed by atoms with van der Waals surface area (Å²) in [5.74, 6) is 0.464. The lowest BCUT2D eigenvalue weighted by atomic mass is 10.0. The summed E-state index contributed by atoms with van der Waals surface area (Å²) < 4.78 is 16.5.